The number of hydrogen-bond donors (Lipinski definition) is 1. The van der Waals surface area contributed by atoms with Crippen molar-refractivity contribution in [2.45, 2.75) is 32.1 Å². The third kappa shape index (κ3) is 1.17. The molecule has 2 nitrogen and oxygen atoms in total. The minimum Gasteiger partial charge on any atom is -0.323 e. The van der Waals surface area contributed by atoms with Crippen molar-refractivity contribution in [1.29, 1.82) is 0 Å². The molecule has 2 aliphatic carbocycles. The van der Waals surface area contributed by atoms with Crippen LogP contribution in [0.5, 0.6) is 0 Å². The van der Waals surface area contributed by atoms with Gasteiger partial charge in [-0.1, -0.05) is 17.7 Å². The van der Waals surface area contributed by atoms with Gasteiger partial charge in [-0.05, 0) is 37.7 Å². The van der Waals surface area contributed by atoms with Gasteiger partial charge in [0, 0.05) is 0 Å². The summed E-state index contributed by atoms with van der Waals surface area (Å²) in [5.74, 6) is 5.33. The molecule has 0 atom stereocenters. The van der Waals surface area contributed by atoms with Gasteiger partial charge in [0.05, 0.1) is 5.71 Å². The molecule has 0 fully saturated rings. The highest BCUT2D eigenvalue weighted by Crippen LogP contribution is 2.29. The lowest BCUT2D eigenvalue weighted by Gasteiger charge is -2.21. The van der Waals surface area contributed by atoms with Crippen LogP contribution < -0.4 is 5.84 Å². The number of nitrogens with zero attached hydrogens (tertiary/aromatic N) is 1. The highest BCUT2D eigenvalue weighted by atomic mass is 15.1. The summed E-state index contributed by atoms with van der Waals surface area (Å²) in [6.45, 7) is 0. The first-order chi connectivity index (χ1) is 5.92. The molecular formula is C10H14N2. The molecule has 0 aromatic heterocycles. The van der Waals surface area contributed by atoms with Crippen LogP contribution in [0.2, 0.25) is 0 Å². The second kappa shape index (κ2) is 3.13. The van der Waals surface area contributed by atoms with Crippen molar-refractivity contribution >= 4 is 5.71 Å². The lowest BCUT2D eigenvalue weighted by atomic mass is 9.85. The number of hydrogen-bond acceptors (Lipinski definition) is 2. The van der Waals surface area contributed by atoms with Crippen LogP contribution in [0.15, 0.2) is 28.4 Å². The summed E-state index contributed by atoms with van der Waals surface area (Å²) in [6, 6.07) is 0. The van der Waals surface area contributed by atoms with Crippen LogP contribution in [0, 0.1) is 0 Å². The molecule has 0 aromatic carbocycles. The van der Waals surface area contributed by atoms with Gasteiger partial charge in [0.1, 0.15) is 0 Å². The van der Waals surface area contributed by atoms with E-state index in [0.29, 0.717) is 0 Å². The zero-order chi connectivity index (χ0) is 8.39. The average molecular weight is 162 g/mol. The lowest BCUT2D eigenvalue weighted by Crippen LogP contribution is -2.14. The van der Waals surface area contributed by atoms with Crippen LogP contribution in [0.1, 0.15) is 32.1 Å². The Labute approximate surface area is 72.8 Å². The third-order valence-electron chi connectivity index (χ3n) is 2.64. The van der Waals surface area contributed by atoms with Crippen LogP contribution in [0.25, 0.3) is 0 Å². The molecule has 0 saturated heterocycles. The average Bonchev–Trinajstić information content (AvgIpc) is 2.17. The molecule has 0 spiro atoms. The Kier molecular flexibility index (Phi) is 1.98. The van der Waals surface area contributed by atoms with E-state index in [1.54, 1.807) is 5.57 Å². The van der Waals surface area contributed by atoms with E-state index in [-0.39, 0.29) is 0 Å². The van der Waals surface area contributed by atoms with Gasteiger partial charge in [-0.3, -0.25) is 0 Å². The van der Waals surface area contributed by atoms with Crippen molar-refractivity contribution < 1.29 is 0 Å². The van der Waals surface area contributed by atoms with E-state index in [1.165, 1.54) is 31.3 Å². The molecule has 2 N–H and O–H groups in total. The Balaban J connectivity index is 2.37. The van der Waals surface area contributed by atoms with Gasteiger partial charge in [-0.2, -0.15) is 5.10 Å². The highest BCUT2D eigenvalue weighted by Gasteiger charge is 2.17. The number of nitrogens with two attached hydrogens (primary N) is 1. The van der Waals surface area contributed by atoms with Gasteiger partial charge < -0.3 is 5.84 Å². The second-order valence-corrected chi connectivity index (χ2v) is 3.39. The van der Waals surface area contributed by atoms with Crippen LogP contribution >= 0.6 is 0 Å². The lowest BCUT2D eigenvalue weighted by molar-refractivity contribution is 0.763. The fourth-order valence-electron chi connectivity index (χ4n) is 2.01. The summed E-state index contributed by atoms with van der Waals surface area (Å²) in [7, 11) is 0. The second-order valence-electron chi connectivity index (χ2n) is 3.39. The fraction of sp³-hybridized carbons (Fsp3) is 0.500. The van der Waals surface area contributed by atoms with Gasteiger partial charge in [0.15, 0.2) is 0 Å². The monoisotopic (exact) mass is 162 g/mol. The first-order valence-corrected chi connectivity index (χ1v) is 4.57. The summed E-state index contributed by atoms with van der Waals surface area (Å²) in [5.41, 5.74) is 4.00. The molecule has 64 valence electrons. The Morgan fingerprint density at radius 3 is 3.00 bits per heavy atom. The predicted octanol–water partition coefficient (Wildman–Crippen LogP) is 2.13. The Morgan fingerprint density at radius 2 is 2.17 bits per heavy atom. The maximum Gasteiger partial charge on any atom is 0.0672 e. The quantitative estimate of drug-likeness (QED) is 0.430. The maximum absolute atomic E-state index is 5.33. The Morgan fingerprint density at radius 1 is 1.25 bits per heavy atom. The van der Waals surface area contributed by atoms with E-state index >= 15 is 0 Å². The van der Waals surface area contributed by atoms with Crippen LogP contribution in [-0.2, 0) is 0 Å². The molecule has 2 rings (SSSR count). The maximum atomic E-state index is 5.33. The van der Waals surface area contributed by atoms with Gasteiger partial charge in [-0.25, -0.2) is 0 Å². The summed E-state index contributed by atoms with van der Waals surface area (Å²) in [6.07, 6.45) is 10.3. The molecule has 12 heavy (non-hydrogen) atoms. The van der Waals surface area contributed by atoms with Crippen molar-refractivity contribution in [1.82, 2.24) is 0 Å². The predicted molar refractivity (Wildman–Crippen MR) is 50.9 cm³/mol. The van der Waals surface area contributed by atoms with E-state index < -0.39 is 0 Å². The van der Waals surface area contributed by atoms with Crippen molar-refractivity contribution in [3.63, 3.8) is 0 Å². The van der Waals surface area contributed by atoms with Crippen molar-refractivity contribution in [3.8, 4) is 0 Å². The molecule has 0 radical (unpaired) electrons. The Bertz CT molecular complexity index is 272. The minimum absolute atomic E-state index is 1.06. The van der Waals surface area contributed by atoms with Crippen LogP contribution in [0.4, 0.5) is 0 Å². The van der Waals surface area contributed by atoms with Crippen molar-refractivity contribution in [2.75, 3.05) is 0 Å². The summed E-state index contributed by atoms with van der Waals surface area (Å²) >= 11 is 0. The molecule has 0 unspecified atom stereocenters. The molecule has 2 heteroatoms. The largest absolute Gasteiger partial charge is 0.323 e. The Hall–Kier alpha value is -1.05. The van der Waals surface area contributed by atoms with E-state index in [1.807, 2.05) is 0 Å². The molecule has 0 bridgehead atoms. The number of hydrazone groups is 1. The standard InChI is InChI=1S/C10H14N2/c11-12-10-7-3-5-8-4-1-2-6-9(8)10/h2,6H,1,3-5,7,11H2/b12-10+. The van der Waals surface area contributed by atoms with Gasteiger partial charge in [0.25, 0.3) is 0 Å². The van der Waals surface area contributed by atoms with E-state index in [0.717, 1.165) is 12.1 Å². The summed E-state index contributed by atoms with van der Waals surface area (Å²) in [5, 5.41) is 3.84. The van der Waals surface area contributed by atoms with Crippen LogP contribution in [0.3, 0.4) is 0 Å². The molecule has 2 aliphatic rings. The smallest absolute Gasteiger partial charge is 0.0672 e. The molecule has 0 amide bonds. The SMILES string of the molecule is N/N=C1\CCCC2=C1C=CCC2. The zero-order valence-electron chi connectivity index (χ0n) is 7.21. The van der Waals surface area contributed by atoms with Crippen LogP contribution in [-0.4, -0.2) is 5.71 Å². The summed E-state index contributed by atoms with van der Waals surface area (Å²) < 4.78 is 0. The normalized spacial score (nSPS) is 26.2. The highest BCUT2D eigenvalue weighted by molar-refractivity contribution is 6.03. The topological polar surface area (TPSA) is 38.4 Å². The third-order valence-corrected chi connectivity index (χ3v) is 2.64. The molecule has 0 aliphatic heterocycles. The van der Waals surface area contributed by atoms with Crippen molar-refractivity contribution in [2.24, 2.45) is 10.9 Å². The first kappa shape index (κ1) is 7.59. The summed E-state index contributed by atoms with van der Waals surface area (Å²) in [4.78, 5) is 0. The molecule has 0 saturated carbocycles. The fourth-order valence-corrected chi connectivity index (χ4v) is 2.01. The minimum atomic E-state index is 1.06. The number of allylic oxidation sites excluding steroid dienone is 4. The molecule has 0 heterocycles. The zero-order valence-corrected chi connectivity index (χ0v) is 7.21. The first-order valence-electron chi connectivity index (χ1n) is 4.57. The van der Waals surface area contributed by atoms with E-state index in [2.05, 4.69) is 17.3 Å². The van der Waals surface area contributed by atoms with E-state index in [9.17, 15) is 0 Å². The van der Waals surface area contributed by atoms with E-state index in [4.69, 9.17) is 5.84 Å². The van der Waals surface area contributed by atoms with Gasteiger partial charge >= 0.3 is 0 Å². The molecular weight excluding hydrogens is 148 g/mol. The van der Waals surface area contributed by atoms with Crippen molar-refractivity contribution in [3.05, 3.63) is 23.3 Å². The molecule has 0 aromatic rings. The van der Waals surface area contributed by atoms with Gasteiger partial charge in [0.2, 0.25) is 0 Å². The van der Waals surface area contributed by atoms with Gasteiger partial charge in [-0.15, -0.1) is 0 Å². The number of rotatable bonds is 0.